The van der Waals surface area contributed by atoms with Crippen LogP contribution in [0.1, 0.15) is 5.56 Å². The SMILES string of the molecule is Cc1cccc2nc(N)n(CC3CSCCS3)c12. The van der Waals surface area contributed by atoms with Gasteiger partial charge in [0.1, 0.15) is 0 Å². The van der Waals surface area contributed by atoms with Gasteiger partial charge >= 0.3 is 0 Å². The van der Waals surface area contributed by atoms with E-state index in [1.165, 1.54) is 28.3 Å². The third-order valence-corrected chi connectivity index (χ3v) is 6.10. The first-order valence-electron chi connectivity index (χ1n) is 6.16. The number of aromatic nitrogens is 2. The maximum absolute atomic E-state index is 6.08. The van der Waals surface area contributed by atoms with Crippen LogP contribution in [0.4, 0.5) is 5.95 Å². The van der Waals surface area contributed by atoms with Crippen molar-refractivity contribution in [1.29, 1.82) is 0 Å². The normalized spacial score (nSPS) is 20.4. The van der Waals surface area contributed by atoms with Crippen molar-refractivity contribution in [3.05, 3.63) is 23.8 Å². The Bertz CT molecular complexity index is 559. The maximum atomic E-state index is 6.08. The minimum absolute atomic E-state index is 0.649. The lowest BCUT2D eigenvalue weighted by molar-refractivity contribution is 0.723. The van der Waals surface area contributed by atoms with Crippen molar-refractivity contribution in [2.45, 2.75) is 18.7 Å². The molecular weight excluding hydrogens is 262 g/mol. The van der Waals surface area contributed by atoms with Crippen LogP contribution in [0.5, 0.6) is 0 Å². The summed E-state index contributed by atoms with van der Waals surface area (Å²) in [5.41, 5.74) is 9.54. The molecule has 0 spiro atoms. The van der Waals surface area contributed by atoms with E-state index in [-0.39, 0.29) is 0 Å². The number of para-hydroxylation sites is 1. The molecule has 0 radical (unpaired) electrons. The van der Waals surface area contributed by atoms with Crippen LogP contribution in [0, 0.1) is 6.92 Å². The Balaban J connectivity index is 1.97. The highest BCUT2D eigenvalue weighted by Gasteiger charge is 2.18. The van der Waals surface area contributed by atoms with Crippen molar-refractivity contribution in [3.8, 4) is 0 Å². The Morgan fingerprint density at radius 2 is 2.33 bits per heavy atom. The van der Waals surface area contributed by atoms with E-state index in [1.54, 1.807) is 0 Å². The fourth-order valence-electron chi connectivity index (χ4n) is 2.41. The van der Waals surface area contributed by atoms with E-state index >= 15 is 0 Å². The molecule has 3 rings (SSSR count). The molecule has 1 atom stereocenters. The number of nitrogens with two attached hydrogens (primary N) is 1. The van der Waals surface area contributed by atoms with Crippen LogP contribution in [-0.4, -0.2) is 32.1 Å². The minimum atomic E-state index is 0.649. The maximum Gasteiger partial charge on any atom is 0.201 e. The fourth-order valence-corrected chi connectivity index (χ4v) is 5.07. The highest BCUT2D eigenvalue weighted by atomic mass is 32.2. The molecule has 3 nitrogen and oxygen atoms in total. The van der Waals surface area contributed by atoms with Crippen LogP contribution in [-0.2, 0) is 6.54 Å². The van der Waals surface area contributed by atoms with Gasteiger partial charge in [-0.2, -0.15) is 23.5 Å². The Morgan fingerprint density at radius 3 is 3.11 bits per heavy atom. The molecule has 1 saturated heterocycles. The summed E-state index contributed by atoms with van der Waals surface area (Å²) in [5, 5.41) is 0.656. The van der Waals surface area contributed by atoms with Crippen LogP contribution in [0.3, 0.4) is 0 Å². The second-order valence-corrected chi connectivity index (χ2v) is 7.15. The van der Waals surface area contributed by atoms with Crippen LogP contribution in [0.2, 0.25) is 0 Å². The molecule has 0 aliphatic carbocycles. The lowest BCUT2D eigenvalue weighted by atomic mass is 10.2. The van der Waals surface area contributed by atoms with Crippen LogP contribution < -0.4 is 5.73 Å². The van der Waals surface area contributed by atoms with Gasteiger partial charge in [-0.25, -0.2) is 4.98 Å². The van der Waals surface area contributed by atoms with Gasteiger partial charge in [0.15, 0.2) is 0 Å². The van der Waals surface area contributed by atoms with Crippen molar-refractivity contribution in [2.24, 2.45) is 0 Å². The molecule has 1 aromatic heterocycles. The highest BCUT2D eigenvalue weighted by molar-refractivity contribution is 8.06. The Labute approximate surface area is 116 Å². The summed E-state index contributed by atoms with van der Waals surface area (Å²) in [5.74, 6) is 4.40. The van der Waals surface area contributed by atoms with Gasteiger partial charge in [-0.05, 0) is 18.6 Å². The van der Waals surface area contributed by atoms with Gasteiger partial charge in [0.05, 0.1) is 11.0 Å². The number of nitrogens with zero attached hydrogens (tertiary/aromatic N) is 2. The van der Waals surface area contributed by atoms with Gasteiger partial charge in [-0.15, -0.1) is 0 Å². The molecule has 1 aliphatic rings. The number of rotatable bonds is 2. The highest BCUT2D eigenvalue weighted by Crippen LogP contribution is 2.28. The van der Waals surface area contributed by atoms with E-state index < -0.39 is 0 Å². The summed E-state index contributed by atoms with van der Waals surface area (Å²) in [7, 11) is 0. The molecule has 2 heterocycles. The summed E-state index contributed by atoms with van der Waals surface area (Å²) in [6.45, 7) is 3.10. The summed E-state index contributed by atoms with van der Waals surface area (Å²) in [6, 6.07) is 6.21. The van der Waals surface area contributed by atoms with Crippen molar-refractivity contribution >= 4 is 40.5 Å². The standard InChI is InChI=1S/C13H17N3S2/c1-9-3-2-4-11-12(9)16(13(14)15-11)7-10-8-17-5-6-18-10/h2-4,10H,5-8H2,1H3,(H2,14,15). The lowest BCUT2D eigenvalue weighted by Crippen LogP contribution is -2.21. The van der Waals surface area contributed by atoms with Crippen LogP contribution >= 0.6 is 23.5 Å². The van der Waals surface area contributed by atoms with E-state index in [0.29, 0.717) is 11.2 Å². The second-order valence-electron chi connectivity index (χ2n) is 4.59. The molecule has 1 aliphatic heterocycles. The van der Waals surface area contributed by atoms with Gasteiger partial charge < -0.3 is 10.3 Å². The van der Waals surface area contributed by atoms with Crippen LogP contribution in [0.25, 0.3) is 11.0 Å². The first-order chi connectivity index (χ1) is 8.75. The van der Waals surface area contributed by atoms with Crippen molar-refractivity contribution in [3.63, 3.8) is 0 Å². The smallest absolute Gasteiger partial charge is 0.201 e. The van der Waals surface area contributed by atoms with Gasteiger partial charge in [0.25, 0.3) is 0 Å². The number of nitrogen functional groups attached to an aromatic ring is 1. The van der Waals surface area contributed by atoms with Crippen molar-refractivity contribution in [1.82, 2.24) is 9.55 Å². The molecular formula is C13H17N3S2. The Kier molecular flexibility index (Phi) is 3.43. The topological polar surface area (TPSA) is 43.8 Å². The van der Waals surface area contributed by atoms with Gasteiger partial charge in [-0.3, -0.25) is 0 Å². The zero-order valence-corrected chi connectivity index (χ0v) is 12.1. The third-order valence-electron chi connectivity index (χ3n) is 3.27. The third kappa shape index (κ3) is 2.21. The molecule has 1 unspecified atom stereocenters. The molecule has 5 heteroatoms. The van der Waals surface area contributed by atoms with Gasteiger partial charge in [0, 0.05) is 29.1 Å². The van der Waals surface area contributed by atoms with E-state index in [1.807, 2.05) is 23.9 Å². The second kappa shape index (κ2) is 5.05. The number of aryl methyl sites for hydroxylation is 1. The molecule has 0 bridgehead atoms. The number of thioether (sulfide) groups is 2. The van der Waals surface area contributed by atoms with E-state index in [0.717, 1.165) is 12.1 Å². The van der Waals surface area contributed by atoms with E-state index in [2.05, 4.69) is 34.3 Å². The summed E-state index contributed by atoms with van der Waals surface area (Å²) < 4.78 is 2.19. The lowest BCUT2D eigenvalue weighted by Gasteiger charge is -2.22. The molecule has 96 valence electrons. The first kappa shape index (κ1) is 12.2. The number of fused-ring (bicyclic) bond motifs is 1. The summed E-state index contributed by atoms with van der Waals surface area (Å²) in [4.78, 5) is 4.46. The largest absolute Gasteiger partial charge is 0.369 e. The van der Waals surface area contributed by atoms with Gasteiger partial charge in [-0.1, -0.05) is 12.1 Å². The number of anilines is 1. The number of imidazole rings is 1. The molecule has 2 N–H and O–H groups in total. The quantitative estimate of drug-likeness (QED) is 0.918. The van der Waals surface area contributed by atoms with Crippen molar-refractivity contribution < 1.29 is 0 Å². The van der Waals surface area contributed by atoms with Crippen molar-refractivity contribution in [2.75, 3.05) is 23.0 Å². The molecule has 0 amide bonds. The predicted molar refractivity (Wildman–Crippen MR) is 82.5 cm³/mol. The first-order valence-corrected chi connectivity index (χ1v) is 8.37. The molecule has 1 fully saturated rings. The Morgan fingerprint density at radius 1 is 1.44 bits per heavy atom. The van der Waals surface area contributed by atoms with Crippen LogP contribution in [0.15, 0.2) is 18.2 Å². The van der Waals surface area contributed by atoms with E-state index in [4.69, 9.17) is 5.73 Å². The molecule has 2 aromatic rings. The minimum Gasteiger partial charge on any atom is -0.369 e. The molecule has 0 saturated carbocycles. The summed E-state index contributed by atoms with van der Waals surface area (Å²) in [6.07, 6.45) is 0. The fraction of sp³-hybridized carbons (Fsp3) is 0.462. The summed E-state index contributed by atoms with van der Waals surface area (Å²) >= 11 is 4.10. The average molecular weight is 279 g/mol. The number of hydrogen-bond acceptors (Lipinski definition) is 4. The Hall–Kier alpha value is -0.810. The number of hydrogen-bond donors (Lipinski definition) is 1. The molecule has 18 heavy (non-hydrogen) atoms. The zero-order chi connectivity index (χ0) is 12.5. The van der Waals surface area contributed by atoms with Gasteiger partial charge in [0.2, 0.25) is 5.95 Å². The van der Waals surface area contributed by atoms with E-state index in [9.17, 15) is 0 Å². The molecule has 1 aromatic carbocycles. The monoisotopic (exact) mass is 279 g/mol. The zero-order valence-electron chi connectivity index (χ0n) is 10.4. The predicted octanol–water partition coefficient (Wildman–Crippen LogP) is 2.78. The number of benzene rings is 1. The average Bonchev–Trinajstić information content (AvgIpc) is 2.69.